The molecule has 0 fully saturated rings. The van der Waals surface area contributed by atoms with Crippen molar-refractivity contribution in [1.82, 2.24) is 0 Å². The molecule has 0 aliphatic heterocycles. The highest BCUT2D eigenvalue weighted by Gasteiger charge is 2.29. The predicted octanol–water partition coefficient (Wildman–Crippen LogP) is 2.94. The quantitative estimate of drug-likeness (QED) is 0.807. The normalized spacial score (nSPS) is 14.1. The van der Waals surface area contributed by atoms with Crippen molar-refractivity contribution < 1.29 is 13.5 Å². The predicted molar refractivity (Wildman–Crippen MR) is 90.7 cm³/mol. The first-order valence-corrected chi connectivity index (χ1v) is 9.54. The van der Waals surface area contributed by atoms with Gasteiger partial charge in [0.25, 0.3) is 0 Å². The number of sulfone groups is 1. The molecule has 0 spiro atoms. The lowest BCUT2D eigenvalue weighted by atomic mass is 9.82. The summed E-state index contributed by atoms with van der Waals surface area (Å²) in [6.45, 7) is 8.25. The Labute approximate surface area is 134 Å². The van der Waals surface area contributed by atoms with Crippen molar-refractivity contribution in [3.63, 3.8) is 0 Å². The number of hydrogen-bond donors (Lipinski definition) is 2. The monoisotopic (exact) mass is 327 g/mol. The Bertz CT molecular complexity index is 588. The van der Waals surface area contributed by atoms with Crippen LogP contribution in [0.2, 0.25) is 0 Å². The Kier molecular flexibility index (Phi) is 6.59. The summed E-state index contributed by atoms with van der Waals surface area (Å²) < 4.78 is 25.4. The number of rotatable bonds is 7. The third kappa shape index (κ3) is 4.54. The molecule has 126 valence electrons. The molecule has 0 saturated carbocycles. The molecule has 1 aromatic carbocycles. The van der Waals surface area contributed by atoms with Gasteiger partial charge in [0.2, 0.25) is 0 Å². The molecule has 0 heterocycles. The summed E-state index contributed by atoms with van der Waals surface area (Å²) in [4.78, 5) is 0.349. The minimum atomic E-state index is -3.35. The molecule has 0 aliphatic rings. The Morgan fingerprint density at radius 1 is 1.27 bits per heavy atom. The highest BCUT2D eigenvalue weighted by atomic mass is 32.2. The lowest BCUT2D eigenvalue weighted by Crippen LogP contribution is -2.22. The van der Waals surface area contributed by atoms with E-state index in [1.807, 2.05) is 27.7 Å². The second-order valence-electron chi connectivity index (χ2n) is 6.74. The molecule has 1 aromatic rings. The Morgan fingerprint density at radius 3 is 2.41 bits per heavy atom. The van der Waals surface area contributed by atoms with Gasteiger partial charge in [-0.25, -0.2) is 8.42 Å². The zero-order valence-corrected chi connectivity index (χ0v) is 14.9. The van der Waals surface area contributed by atoms with Crippen LogP contribution in [-0.4, -0.2) is 25.8 Å². The van der Waals surface area contributed by atoms with E-state index in [4.69, 9.17) is 5.73 Å². The molecule has 1 rings (SSSR count). The first kappa shape index (κ1) is 19.1. The molecule has 5 heteroatoms. The lowest BCUT2D eigenvalue weighted by molar-refractivity contribution is 0.167. The van der Waals surface area contributed by atoms with Crippen molar-refractivity contribution in [2.75, 3.05) is 12.3 Å². The van der Waals surface area contributed by atoms with Gasteiger partial charge in [-0.15, -0.1) is 0 Å². The Balaban J connectivity index is 3.49. The molecular weight excluding hydrogens is 298 g/mol. The number of aliphatic hydroxyl groups is 1. The Hall–Kier alpha value is -0.910. The fourth-order valence-electron chi connectivity index (χ4n) is 2.65. The molecular formula is C17H29NO3S. The van der Waals surface area contributed by atoms with Crippen molar-refractivity contribution in [1.29, 1.82) is 0 Å². The maximum Gasteiger partial charge on any atom is 0.178 e. The van der Waals surface area contributed by atoms with E-state index in [1.165, 1.54) is 0 Å². The maximum absolute atomic E-state index is 12.7. The van der Waals surface area contributed by atoms with E-state index in [0.29, 0.717) is 35.4 Å². The van der Waals surface area contributed by atoms with Crippen LogP contribution in [0.1, 0.15) is 64.2 Å². The van der Waals surface area contributed by atoms with E-state index in [1.54, 1.807) is 18.2 Å². The van der Waals surface area contributed by atoms with Gasteiger partial charge in [0.05, 0.1) is 16.8 Å². The van der Waals surface area contributed by atoms with Crippen molar-refractivity contribution in [3.05, 3.63) is 29.3 Å². The van der Waals surface area contributed by atoms with Gasteiger partial charge < -0.3 is 10.8 Å². The molecule has 3 N–H and O–H groups in total. The smallest absolute Gasteiger partial charge is 0.178 e. The highest BCUT2D eigenvalue weighted by molar-refractivity contribution is 7.91. The van der Waals surface area contributed by atoms with Crippen LogP contribution in [0.3, 0.4) is 0 Å². The lowest BCUT2D eigenvalue weighted by Gasteiger charge is -2.28. The van der Waals surface area contributed by atoms with Crippen LogP contribution in [0, 0.1) is 0 Å². The van der Waals surface area contributed by atoms with Gasteiger partial charge in [-0.2, -0.15) is 0 Å². The van der Waals surface area contributed by atoms with Crippen LogP contribution >= 0.6 is 0 Å². The average Bonchev–Trinajstić information content (AvgIpc) is 2.43. The molecule has 0 amide bonds. The molecule has 22 heavy (non-hydrogen) atoms. The second kappa shape index (κ2) is 7.57. The van der Waals surface area contributed by atoms with Gasteiger partial charge >= 0.3 is 0 Å². The number of aliphatic hydroxyl groups excluding tert-OH is 1. The first-order chi connectivity index (χ1) is 10.1. The van der Waals surface area contributed by atoms with Crippen LogP contribution in [0.15, 0.2) is 23.1 Å². The third-order valence-electron chi connectivity index (χ3n) is 3.71. The van der Waals surface area contributed by atoms with Gasteiger partial charge in [0.15, 0.2) is 9.84 Å². The molecule has 1 unspecified atom stereocenters. The maximum atomic E-state index is 12.7. The van der Waals surface area contributed by atoms with E-state index in [0.717, 1.165) is 6.42 Å². The standard InChI is InChI=1S/C17H29NO3S/c1-5-6-12-22(20,21)15-9-7-8-13(14(19)10-11-18)16(15)17(2,3)4/h7-9,14,19H,5-6,10-12,18H2,1-4H3. The van der Waals surface area contributed by atoms with Crippen LogP contribution in [-0.2, 0) is 15.3 Å². The van der Waals surface area contributed by atoms with Crippen LogP contribution in [0.4, 0.5) is 0 Å². The fraction of sp³-hybridized carbons (Fsp3) is 0.647. The topological polar surface area (TPSA) is 80.4 Å². The van der Waals surface area contributed by atoms with Gasteiger partial charge in [0, 0.05) is 0 Å². The van der Waals surface area contributed by atoms with Crippen LogP contribution in [0.5, 0.6) is 0 Å². The first-order valence-electron chi connectivity index (χ1n) is 7.89. The van der Waals surface area contributed by atoms with Crippen molar-refractivity contribution >= 4 is 9.84 Å². The van der Waals surface area contributed by atoms with Gasteiger partial charge in [-0.1, -0.05) is 46.2 Å². The summed E-state index contributed by atoms with van der Waals surface area (Å²) in [7, 11) is -3.35. The Morgan fingerprint density at radius 2 is 1.91 bits per heavy atom. The summed E-state index contributed by atoms with van der Waals surface area (Å²) in [6, 6.07) is 5.17. The summed E-state index contributed by atoms with van der Waals surface area (Å²) in [5.74, 6) is 0.142. The largest absolute Gasteiger partial charge is 0.388 e. The highest BCUT2D eigenvalue weighted by Crippen LogP contribution is 2.36. The molecule has 0 bridgehead atoms. The van der Waals surface area contributed by atoms with Crippen LogP contribution < -0.4 is 5.73 Å². The summed E-state index contributed by atoms with van der Waals surface area (Å²) in [6.07, 6.45) is 1.16. The third-order valence-corrected chi connectivity index (χ3v) is 5.55. The summed E-state index contributed by atoms with van der Waals surface area (Å²) >= 11 is 0. The van der Waals surface area contributed by atoms with Crippen molar-refractivity contribution in [2.45, 2.75) is 63.4 Å². The number of nitrogens with two attached hydrogens (primary N) is 1. The van der Waals surface area contributed by atoms with Gasteiger partial charge in [-0.05, 0) is 42.0 Å². The summed E-state index contributed by atoms with van der Waals surface area (Å²) in [5, 5.41) is 10.4. The van der Waals surface area contributed by atoms with E-state index in [2.05, 4.69) is 0 Å². The van der Waals surface area contributed by atoms with Gasteiger partial charge in [0.1, 0.15) is 0 Å². The number of unbranched alkanes of at least 4 members (excludes halogenated alkanes) is 1. The number of hydrogen-bond acceptors (Lipinski definition) is 4. The minimum absolute atomic E-state index is 0.142. The fourth-order valence-corrected chi connectivity index (χ4v) is 4.55. The van der Waals surface area contributed by atoms with Crippen LogP contribution in [0.25, 0.3) is 0 Å². The molecule has 0 saturated heterocycles. The van der Waals surface area contributed by atoms with E-state index < -0.39 is 15.9 Å². The minimum Gasteiger partial charge on any atom is -0.388 e. The molecule has 0 aliphatic carbocycles. The van der Waals surface area contributed by atoms with Crippen molar-refractivity contribution in [3.8, 4) is 0 Å². The van der Waals surface area contributed by atoms with E-state index in [-0.39, 0.29) is 11.2 Å². The van der Waals surface area contributed by atoms with E-state index in [9.17, 15) is 13.5 Å². The second-order valence-corrected chi connectivity index (χ2v) is 8.81. The summed E-state index contributed by atoms with van der Waals surface area (Å²) in [5.41, 5.74) is 6.55. The molecule has 1 atom stereocenters. The molecule has 0 aromatic heterocycles. The average molecular weight is 327 g/mol. The zero-order chi connectivity index (χ0) is 17.0. The van der Waals surface area contributed by atoms with E-state index >= 15 is 0 Å². The molecule has 4 nitrogen and oxygen atoms in total. The zero-order valence-electron chi connectivity index (χ0n) is 14.1. The molecule has 0 radical (unpaired) electrons. The van der Waals surface area contributed by atoms with Crippen molar-refractivity contribution in [2.24, 2.45) is 5.73 Å². The SMILES string of the molecule is CCCCS(=O)(=O)c1cccc(C(O)CCN)c1C(C)(C)C. The number of benzene rings is 1. The van der Waals surface area contributed by atoms with Gasteiger partial charge in [-0.3, -0.25) is 0 Å².